The molecule has 0 aliphatic heterocycles. The van der Waals surface area contributed by atoms with Crippen LogP contribution in [0.1, 0.15) is 11.1 Å². The highest BCUT2D eigenvalue weighted by molar-refractivity contribution is 9.10. The number of halogens is 3. The normalized spacial score (nSPS) is 10.9. The first-order valence-corrected chi connectivity index (χ1v) is 11.3. The summed E-state index contributed by atoms with van der Waals surface area (Å²) in [5, 5.41) is 0. The third-order valence-electron chi connectivity index (χ3n) is 5.41. The molecule has 0 saturated heterocycles. The lowest BCUT2D eigenvalue weighted by Gasteiger charge is -2.23. The summed E-state index contributed by atoms with van der Waals surface area (Å²) < 4.78 is 56.0. The van der Waals surface area contributed by atoms with Crippen molar-refractivity contribution in [2.45, 2.75) is 13.1 Å². The van der Waals surface area contributed by atoms with Crippen molar-refractivity contribution in [2.75, 3.05) is 33.3 Å². The van der Waals surface area contributed by atoms with E-state index in [1.54, 1.807) is 45.5 Å². The summed E-state index contributed by atoms with van der Waals surface area (Å²) in [4.78, 5) is 6.19. The molecule has 184 valence electrons. The smallest absolute Gasteiger partial charge is 0.299 e. The van der Waals surface area contributed by atoms with E-state index in [0.29, 0.717) is 23.0 Å². The lowest BCUT2D eigenvalue weighted by atomic mass is 10.1. The Kier molecular flexibility index (Phi) is 7.30. The number of anilines is 1. The Labute approximate surface area is 209 Å². The quantitative estimate of drug-likeness (QED) is 0.234. The van der Waals surface area contributed by atoms with E-state index in [-0.39, 0.29) is 34.7 Å². The molecule has 0 bridgehead atoms. The Hall–Kier alpha value is -3.53. The van der Waals surface area contributed by atoms with Crippen molar-refractivity contribution >= 4 is 33.0 Å². The number of aromatic nitrogens is 1. The lowest BCUT2D eigenvalue weighted by Crippen LogP contribution is -2.23. The second kappa shape index (κ2) is 10.4. The van der Waals surface area contributed by atoms with Crippen LogP contribution in [-0.4, -0.2) is 33.4 Å². The van der Waals surface area contributed by atoms with Crippen LogP contribution in [0.2, 0.25) is 0 Å². The van der Waals surface area contributed by atoms with Gasteiger partial charge in [0.25, 0.3) is 6.01 Å². The predicted octanol–water partition coefficient (Wildman–Crippen LogP) is 6.11. The van der Waals surface area contributed by atoms with Gasteiger partial charge in [-0.1, -0.05) is 0 Å². The van der Waals surface area contributed by atoms with Crippen LogP contribution in [0.4, 0.5) is 14.8 Å². The number of benzene rings is 3. The van der Waals surface area contributed by atoms with Gasteiger partial charge in [-0.05, 0) is 45.8 Å². The standard InChI is InChI=1S/C25H23BrF2N2O5/c1-31-16-6-5-15(21(10-16)34-4)13-30(12-14-7-17(32-2)9-18(8-14)33-3)25-29-23-22(26)19(27)11-20(28)24(23)35-25/h5-11H,12-13H2,1-4H3. The van der Waals surface area contributed by atoms with Gasteiger partial charge < -0.3 is 28.3 Å². The highest BCUT2D eigenvalue weighted by Gasteiger charge is 2.23. The molecule has 0 aliphatic carbocycles. The fraction of sp³-hybridized carbons (Fsp3) is 0.240. The highest BCUT2D eigenvalue weighted by Crippen LogP contribution is 2.35. The summed E-state index contributed by atoms with van der Waals surface area (Å²) >= 11 is 3.14. The molecule has 1 aromatic heterocycles. The molecule has 0 unspecified atom stereocenters. The highest BCUT2D eigenvalue weighted by atomic mass is 79.9. The van der Waals surface area contributed by atoms with Crippen molar-refractivity contribution in [3.05, 3.63) is 69.7 Å². The number of ether oxygens (including phenoxy) is 4. The first-order chi connectivity index (χ1) is 16.9. The first kappa shape index (κ1) is 24.6. The molecular formula is C25H23BrF2N2O5. The van der Waals surface area contributed by atoms with Gasteiger partial charge in [-0.15, -0.1) is 0 Å². The molecule has 0 spiro atoms. The molecule has 4 rings (SSSR count). The number of fused-ring (bicyclic) bond motifs is 1. The van der Waals surface area contributed by atoms with E-state index in [1.165, 1.54) is 0 Å². The Bertz CT molecular complexity index is 1340. The van der Waals surface area contributed by atoms with E-state index in [0.717, 1.165) is 17.2 Å². The fourth-order valence-electron chi connectivity index (χ4n) is 3.67. The molecule has 1 heterocycles. The molecule has 35 heavy (non-hydrogen) atoms. The molecule has 0 amide bonds. The second-order valence-corrected chi connectivity index (χ2v) is 8.38. The lowest BCUT2D eigenvalue weighted by molar-refractivity contribution is 0.389. The SMILES string of the molecule is COc1cc(CN(Cc2ccc(OC)cc2OC)c2nc3c(Br)c(F)cc(F)c3o2)cc(OC)c1. The minimum Gasteiger partial charge on any atom is -0.497 e. The fourth-order valence-corrected chi connectivity index (χ4v) is 4.05. The molecule has 0 fully saturated rings. The van der Waals surface area contributed by atoms with Gasteiger partial charge >= 0.3 is 0 Å². The summed E-state index contributed by atoms with van der Waals surface area (Å²) in [5.41, 5.74) is 1.52. The zero-order chi connectivity index (χ0) is 25.1. The summed E-state index contributed by atoms with van der Waals surface area (Å²) in [6, 6.07) is 11.7. The minimum atomic E-state index is -0.843. The summed E-state index contributed by atoms with van der Waals surface area (Å²) in [7, 11) is 6.26. The molecule has 10 heteroatoms. The van der Waals surface area contributed by atoms with Crippen LogP contribution < -0.4 is 23.8 Å². The summed E-state index contributed by atoms with van der Waals surface area (Å²) in [6.45, 7) is 0.568. The van der Waals surface area contributed by atoms with E-state index in [4.69, 9.17) is 23.4 Å². The van der Waals surface area contributed by atoms with Crippen LogP contribution >= 0.6 is 15.9 Å². The van der Waals surface area contributed by atoms with Gasteiger partial charge in [0.1, 0.15) is 34.3 Å². The van der Waals surface area contributed by atoms with Crippen molar-refractivity contribution < 1.29 is 32.1 Å². The van der Waals surface area contributed by atoms with Gasteiger partial charge in [0, 0.05) is 30.3 Å². The van der Waals surface area contributed by atoms with Gasteiger partial charge in [0.05, 0.1) is 39.5 Å². The largest absolute Gasteiger partial charge is 0.497 e. The minimum absolute atomic E-state index is 0.0222. The van der Waals surface area contributed by atoms with E-state index >= 15 is 0 Å². The Balaban J connectivity index is 1.81. The third-order valence-corrected chi connectivity index (χ3v) is 6.17. The number of methoxy groups -OCH3 is 4. The first-order valence-electron chi connectivity index (χ1n) is 10.5. The molecule has 3 aromatic carbocycles. The molecule has 0 aliphatic rings. The van der Waals surface area contributed by atoms with Crippen molar-refractivity contribution in [3.8, 4) is 23.0 Å². The maximum atomic E-state index is 14.5. The molecule has 0 atom stereocenters. The van der Waals surface area contributed by atoms with E-state index < -0.39 is 11.6 Å². The van der Waals surface area contributed by atoms with Gasteiger partial charge in [0.2, 0.25) is 0 Å². The molecule has 0 radical (unpaired) electrons. The maximum absolute atomic E-state index is 14.5. The average Bonchev–Trinajstić information content (AvgIpc) is 3.33. The van der Waals surface area contributed by atoms with Crippen LogP contribution in [-0.2, 0) is 13.1 Å². The molecule has 0 N–H and O–H groups in total. The molecule has 4 aromatic rings. The molecule has 7 nitrogen and oxygen atoms in total. The number of hydrogen-bond acceptors (Lipinski definition) is 7. The van der Waals surface area contributed by atoms with Crippen LogP contribution in [0, 0.1) is 11.6 Å². The zero-order valence-corrected chi connectivity index (χ0v) is 21.1. The molecule has 0 saturated carbocycles. The Morgan fingerprint density at radius 2 is 1.51 bits per heavy atom. The zero-order valence-electron chi connectivity index (χ0n) is 19.5. The van der Waals surface area contributed by atoms with Crippen molar-refractivity contribution in [1.82, 2.24) is 4.98 Å². The van der Waals surface area contributed by atoms with Crippen molar-refractivity contribution in [3.63, 3.8) is 0 Å². The number of rotatable bonds is 9. The van der Waals surface area contributed by atoms with E-state index in [9.17, 15) is 8.78 Å². The average molecular weight is 549 g/mol. The van der Waals surface area contributed by atoms with Crippen LogP contribution in [0.15, 0.2) is 51.4 Å². The van der Waals surface area contributed by atoms with Gasteiger partial charge in [-0.3, -0.25) is 0 Å². The Morgan fingerprint density at radius 1 is 0.829 bits per heavy atom. The van der Waals surface area contributed by atoms with Crippen molar-refractivity contribution in [1.29, 1.82) is 0 Å². The van der Waals surface area contributed by atoms with Crippen LogP contribution in [0.3, 0.4) is 0 Å². The van der Waals surface area contributed by atoms with Crippen molar-refractivity contribution in [2.24, 2.45) is 0 Å². The predicted molar refractivity (Wildman–Crippen MR) is 131 cm³/mol. The number of oxazole rings is 1. The number of hydrogen-bond donors (Lipinski definition) is 0. The van der Waals surface area contributed by atoms with Crippen LogP contribution in [0.25, 0.3) is 11.1 Å². The number of nitrogens with zero attached hydrogens (tertiary/aromatic N) is 2. The maximum Gasteiger partial charge on any atom is 0.299 e. The Morgan fingerprint density at radius 3 is 2.14 bits per heavy atom. The van der Waals surface area contributed by atoms with E-state index in [1.807, 2.05) is 24.3 Å². The second-order valence-electron chi connectivity index (χ2n) is 7.58. The summed E-state index contributed by atoms with van der Waals surface area (Å²) in [6.07, 6.45) is 0. The van der Waals surface area contributed by atoms with Gasteiger partial charge in [-0.2, -0.15) is 4.98 Å². The third kappa shape index (κ3) is 5.12. The van der Waals surface area contributed by atoms with Crippen LogP contribution in [0.5, 0.6) is 23.0 Å². The summed E-state index contributed by atoms with van der Waals surface area (Å²) in [5.74, 6) is 0.829. The van der Waals surface area contributed by atoms with Gasteiger partial charge in [-0.25, -0.2) is 8.78 Å². The molecular weight excluding hydrogens is 526 g/mol. The monoisotopic (exact) mass is 548 g/mol. The van der Waals surface area contributed by atoms with E-state index in [2.05, 4.69) is 20.9 Å². The topological polar surface area (TPSA) is 66.2 Å². The van der Waals surface area contributed by atoms with Gasteiger partial charge in [0.15, 0.2) is 11.4 Å².